The Morgan fingerprint density at radius 2 is 1.85 bits per heavy atom. The van der Waals surface area contributed by atoms with Crippen molar-refractivity contribution in [3.63, 3.8) is 0 Å². The number of sulfonamides is 1. The van der Waals surface area contributed by atoms with Gasteiger partial charge in [-0.05, 0) is 55.5 Å². The molecule has 2 heterocycles. The summed E-state index contributed by atoms with van der Waals surface area (Å²) in [5, 5.41) is 2.88. The van der Waals surface area contributed by atoms with E-state index in [-0.39, 0.29) is 9.77 Å². The van der Waals surface area contributed by atoms with Gasteiger partial charge in [-0.1, -0.05) is 6.07 Å². The highest BCUT2D eigenvalue weighted by atomic mass is 32.2. The molecule has 12 heteroatoms. The van der Waals surface area contributed by atoms with Gasteiger partial charge in [0.1, 0.15) is 16.4 Å². The molecule has 2 aromatic heterocycles. The van der Waals surface area contributed by atoms with E-state index in [1.807, 2.05) is 4.72 Å². The van der Waals surface area contributed by atoms with Crippen LogP contribution in [0.2, 0.25) is 0 Å². The second-order valence-electron chi connectivity index (χ2n) is 7.23. The van der Waals surface area contributed by atoms with Gasteiger partial charge in [0.05, 0.1) is 16.6 Å². The predicted molar refractivity (Wildman–Crippen MR) is 132 cm³/mol. The number of nitrogens with two attached hydrogens (primary N) is 1. The highest BCUT2D eigenvalue weighted by Gasteiger charge is 2.19. The SMILES string of the molecule is CN=C(N)c1ccc2c(=O)n(-c3ccc(NC(=O)NS(=O)(=O)c4ccc(C)s4)cc3)cnc2c1. The van der Waals surface area contributed by atoms with Gasteiger partial charge in [-0.2, -0.15) is 0 Å². The van der Waals surface area contributed by atoms with Crippen molar-refractivity contribution in [2.45, 2.75) is 11.1 Å². The van der Waals surface area contributed by atoms with Gasteiger partial charge in [0.2, 0.25) is 0 Å². The highest BCUT2D eigenvalue weighted by molar-refractivity contribution is 7.92. The predicted octanol–water partition coefficient (Wildman–Crippen LogP) is 2.60. The number of hydrogen-bond donors (Lipinski definition) is 3. The van der Waals surface area contributed by atoms with Crippen LogP contribution in [0.5, 0.6) is 0 Å². The first-order chi connectivity index (χ1) is 16.2. The van der Waals surface area contributed by atoms with Gasteiger partial charge in [0, 0.05) is 23.2 Å². The average molecular weight is 497 g/mol. The summed E-state index contributed by atoms with van der Waals surface area (Å²) in [6.07, 6.45) is 1.40. The quantitative estimate of drug-likeness (QED) is 0.286. The molecule has 10 nitrogen and oxygen atoms in total. The summed E-state index contributed by atoms with van der Waals surface area (Å²) in [5.41, 5.74) is 7.58. The minimum atomic E-state index is -3.96. The fourth-order valence-corrected chi connectivity index (χ4v) is 5.38. The fraction of sp³-hybridized carbons (Fsp3) is 0.0909. The first-order valence-corrected chi connectivity index (χ1v) is 12.2. The number of hydrogen-bond acceptors (Lipinski definition) is 7. The number of urea groups is 1. The van der Waals surface area contributed by atoms with Crippen LogP contribution in [-0.4, -0.2) is 36.9 Å². The lowest BCUT2D eigenvalue weighted by atomic mass is 10.1. The molecule has 4 N–H and O–H groups in total. The van der Waals surface area contributed by atoms with Crippen LogP contribution in [0.25, 0.3) is 16.6 Å². The smallest absolute Gasteiger partial charge is 0.333 e. The maximum absolute atomic E-state index is 13.0. The second-order valence-corrected chi connectivity index (χ2v) is 10.4. The summed E-state index contributed by atoms with van der Waals surface area (Å²) in [7, 11) is -2.38. The third-order valence-corrected chi connectivity index (χ3v) is 7.73. The molecule has 0 saturated heterocycles. The molecular weight excluding hydrogens is 476 g/mol. The number of anilines is 1. The van der Waals surface area contributed by atoms with Gasteiger partial charge in [0.25, 0.3) is 15.6 Å². The van der Waals surface area contributed by atoms with Gasteiger partial charge in [-0.15, -0.1) is 11.3 Å². The van der Waals surface area contributed by atoms with E-state index in [0.29, 0.717) is 33.7 Å². The maximum atomic E-state index is 13.0. The van der Waals surface area contributed by atoms with E-state index >= 15 is 0 Å². The van der Waals surface area contributed by atoms with Crippen LogP contribution >= 0.6 is 11.3 Å². The number of aromatic nitrogens is 2. The minimum Gasteiger partial charge on any atom is -0.384 e. The summed E-state index contributed by atoms with van der Waals surface area (Å²) in [6, 6.07) is 13.6. The highest BCUT2D eigenvalue weighted by Crippen LogP contribution is 2.20. The first-order valence-electron chi connectivity index (χ1n) is 9.92. The molecule has 0 atom stereocenters. The molecule has 0 unspecified atom stereocenters. The van der Waals surface area contributed by atoms with Crippen molar-refractivity contribution in [3.8, 4) is 5.69 Å². The zero-order chi connectivity index (χ0) is 24.5. The van der Waals surface area contributed by atoms with Crippen LogP contribution in [0.3, 0.4) is 0 Å². The second kappa shape index (κ2) is 9.08. The molecule has 0 aliphatic carbocycles. The van der Waals surface area contributed by atoms with Gasteiger partial charge < -0.3 is 11.1 Å². The number of rotatable bonds is 5. The van der Waals surface area contributed by atoms with Crippen LogP contribution in [0.15, 0.2) is 74.9 Å². The number of nitrogens with zero attached hydrogens (tertiary/aromatic N) is 3. The van der Waals surface area contributed by atoms with E-state index in [9.17, 15) is 18.0 Å². The van der Waals surface area contributed by atoms with Crippen molar-refractivity contribution >= 4 is 49.8 Å². The number of nitrogens with one attached hydrogen (secondary N) is 2. The van der Waals surface area contributed by atoms with Crippen LogP contribution < -0.4 is 21.3 Å². The number of amides is 2. The van der Waals surface area contributed by atoms with Crippen LogP contribution in [0, 0.1) is 6.92 Å². The largest absolute Gasteiger partial charge is 0.384 e. The number of fused-ring (bicyclic) bond motifs is 1. The first kappa shape index (κ1) is 23.1. The lowest BCUT2D eigenvalue weighted by Crippen LogP contribution is -2.33. The Labute approximate surface area is 198 Å². The Hall–Kier alpha value is -4.03. The van der Waals surface area contributed by atoms with Crippen molar-refractivity contribution in [2.24, 2.45) is 10.7 Å². The normalized spacial score (nSPS) is 12.0. The van der Waals surface area contributed by atoms with Gasteiger partial charge in [0.15, 0.2) is 0 Å². The summed E-state index contributed by atoms with van der Waals surface area (Å²) < 4.78 is 28.0. The molecule has 0 spiro atoms. The van der Waals surface area contributed by atoms with E-state index < -0.39 is 16.1 Å². The van der Waals surface area contributed by atoms with Crippen LogP contribution in [-0.2, 0) is 10.0 Å². The number of amidine groups is 1. The van der Waals surface area contributed by atoms with Crippen molar-refractivity contribution in [1.29, 1.82) is 0 Å². The van der Waals surface area contributed by atoms with Crippen molar-refractivity contribution in [2.75, 3.05) is 12.4 Å². The molecule has 0 radical (unpaired) electrons. The molecule has 34 heavy (non-hydrogen) atoms. The van der Waals surface area contributed by atoms with Gasteiger partial charge in [-0.3, -0.25) is 14.4 Å². The molecule has 2 aromatic carbocycles. The zero-order valence-electron chi connectivity index (χ0n) is 18.1. The lowest BCUT2D eigenvalue weighted by Gasteiger charge is -2.10. The molecule has 0 aliphatic heterocycles. The van der Waals surface area contributed by atoms with Crippen molar-refractivity contribution in [1.82, 2.24) is 14.3 Å². The average Bonchev–Trinajstić information content (AvgIpc) is 3.26. The van der Waals surface area contributed by atoms with E-state index in [1.165, 1.54) is 17.0 Å². The number of carbonyl (C=O) groups is 1. The topological polar surface area (TPSA) is 149 Å². The summed E-state index contributed by atoms with van der Waals surface area (Å²) in [5.74, 6) is 0.346. The third kappa shape index (κ3) is 4.67. The van der Waals surface area contributed by atoms with Crippen LogP contribution in [0.4, 0.5) is 10.5 Å². The molecule has 0 fully saturated rings. The Morgan fingerprint density at radius 1 is 1.12 bits per heavy atom. The van der Waals surface area contributed by atoms with E-state index in [0.717, 1.165) is 16.2 Å². The molecule has 4 rings (SSSR count). The third-order valence-electron chi connectivity index (χ3n) is 4.91. The molecule has 0 aliphatic rings. The number of carbonyl (C=O) groups excluding carboxylic acids is 1. The number of aryl methyl sites for hydroxylation is 1. The standard InChI is InChI=1S/C22H20N6O4S2/c1-13-3-10-19(33-13)34(31,32)27-22(30)26-15-5-7-16(8-6-15)28-12-25-18-11-14(20(23)24-2)4-9-17(18)21(28)29/h3-12H,1-2H3,(H2,23,24)(H2,26,27,30). The van der Waals surface area contributed by atoms with Crippen molar-refractivity contribution < 1.29 is 13.2 Å². The molecular formula is C22H20N6O4S2. The van der Waals surface area contributed by atoms with E-state index in [2.05, 4.69) is 15.3 Å². The Morgan fingerprint density at radius 3 is 2.50 bits per heavy atom. The number of aliphatic imine (C=N–C) groups is 1. The Bertz CT molecular complexity index is 1590. The molecule has 0 saturated carbocycles. The Balaban J connectivity index is 1.52. The fourth-order valence-electron chi connectivity index (χ4n) is 3.18. The van der Waals surface area contributed by atoms with Crippen LogP contribution in [0.1, 0.15) is 10.4 Å². The molecule has 2 amide bonds. The van der Waals surface area contributed by atoms with E-state index in [4.69, 9.17) is 5.73 Å². The number of thiophene rings is 1. The Kier molecular flexibility index (Phi) is 6.18. The number of benzene rings is 2. The van der Waals surface area contributed by atoms with E-state index in [1.54, 1.807) is 62.5 Å². The molecule has 174 valence electrons. The zero-order valence-corrected chi connectivity index (χ0v) is 19.8. The maximum Gasteiger partial charge on any atom is 0.333 e. The minimum absolute atomic E-state index is 0.0514. The van der Waals surface area contributed by atoms with Gasteiger partial charge in [-0.25, -0.2) is 22.9 Å². The molecule has 0 bridgehead atoms. The molecule has 4 aromatic rings. The lowest BCUT2D eigenvalue weighted by molar-refractivity contribution is 0.256. The summed E-state index contributed by atoms with van der Waals surface area (Å²) >= 11 is 1.07. The summed E-state index contributed by atoms with van der Waals surface area (Å²) in [4.78, 5) is 34.2. The van der Waals surface area contributed by atoms with Gasteiger partial charge >= 0.3 is 6.03 Å². The monoisotopic (exact) mass is 496 g/mol. The summed E-state index contributed by atoms with van der Waals surface area (Å²) in [6.45, 7) is 1.77. The van der Waals surface area contributed by atoms with Crippen molar-refractivity contribution in [3.05, 3.63) is 81.7 Å².